The molecule has 1 N–H and O–H groups in total. The zero-order chi connectivity index (χ0) is 15.0. The summed E-state index contributed by atoms with van der Waals surface area (Å²) in [6.07, 6.45) is 2.51. The molecule has 0 bridgehead atoms. The summed E-state index contributed by atoms with van der Waals surface area (Å²) in [7, 11) is 0. The van der Waals surface area contributed by atoms with Crippen LogP contribution >= 0.6 is 11.3 Å². The smallest absolute Gasteiger partial charge is 0.0302 e. The number of thiophene rings is 1. The largest absolute Gasteiger partial charge is 0.311 e. The van der Waals surface area contributed by atoms with Gasteiger partial charge in [-0.25, -0.2) is 0 Å². The van der Waals surface area contributed by atoms with Crippen LogP contribution in [0.1, 0.15) is 51.0 Å². The molecule has 3 heteroatoms. The average molecular weight is 297 g/mol. The third-order valence-corrected chi connectivity index (χ3v) is 4.91. The fourth-order valence-electron chi connectivity index (χ4n) is 2.71. The first-order chi connectivity index (χ1) is 9.58. The van der Waals surface area contributed by atoms with E-state index in [9.17, 15) is 0 Å². The van der Waals surface area contributed by atoms with Gasteiger partial charge in [-0.2, -0.15) is 0 Å². The Morgan fingerprint density at radius 3 is 2.45 bits per heavy atom. The Balaban J connectivity index is 2.36. The monoisotopic (exact) mass is 296 g/mol. The van der Waals surface area contributed by atoms with E-state index in [1.807, 2.05) is 11.3 Å². The number of hydrogen-bond acceptors (Lipinski definition) is 3. The molecule has 0 spiro atoms. The van der Waals surface area contributed by atoms with E-state index in [4.69, 9.17) is 0 Å². The summed E-state index contributed by atoms with van der Waals surface area (Å²) in [5.41, 5.74) is 1.42. The Morgan fingerprint density at radius 2 is 1.95 bits per heavy atom. The predicted molar refractivity (Wildman–Crippen MR) is 91.5 cm³/mol. The lowest BCUT2D eigenvalue weighted by atomic mass is 10.1. The Kier molecular flexibility index (Phi) is 8.43. The highest BCUT2D eigenvalue weighted by Gasteiger charge is 2.15. The summed E-state index contributed by atoms with van der Waals surface area (Å²) in [5.74, 6) is 0.746. The maximum absolute atomic E-state index is 3.60. The second-order valence-electron chi connectivity index (χ2n) is 6.06. The second kappa shape index (κ2) is 9.54. The number of nitrogens with zero attached hydrogens (tertiary/aromatic N) is 1. The van der Waals surface area contributed by atoms with Gasteiger partial charge in [-0.05, 0) is 42.7 Å². The summed E-state index contributed by atoms with van der Waals surface area (Å²) in [5, 5.41) is 5.79. The summed E-state index contributed by atoms with van der Waals surface area (Å²) in [6.45, 7) is 15.9. The van der Waals surface area contributed by atoms with Gasteiger partial charge in [0.15, 0.2) is 0 Å². The van der Waals surface area contributed by atoms with Crippen LogP contribution in [-0.2, 0) is 6.54 Å². The molecule has 20 heavy (non-hydrogen) atoms. The van der Waals surface area contributed by atoms with Crippen LogP contribution in [0, 0.1) is 12.8 Å². The fraction of sp³-hybridized carbons (Fsp3) is 0.765. The van der Waals surface area contributed by atoms with E-state index in [-0.39, 0.29) is 0 Å². The van der Waals surface area contributed by atoms with Gasteiger partial charge in [0.25, 0.3) is 0 Å². The first kappa shape index (κ1) is 17.7. The minimum atomic E-state index is 0.739. The summed E-state index contributed by atoms with van der Waals surface area (Å²) < 4.78 is 0. The minimum Gasteiger partial charge on any atom is -0.311 e. The van der Waals surface area contributed by atoms with Gasteiger partial charge in [0.1, 0.15) is 0 Å². The van der Waals surface area contributed by atoms with Gasteiger partial charge in [0.2, 0.25) is 0 Å². The molecule has 0 fully saturated rings. The molecule has 0 aliphatic heterocycles. The van der Waals surface area contributed by atoms with Gasteiger partial charge < -0.3 is 5.32 Å². The zero-order valence-electron chi connectivity index (χ0n) is 13.9. The summed E-state index contributed by atoms with van der Waals surface area (Å²) >= 11 is 1.86. The number of nitrogens with one attached hydrogen (secondary N) is 1. The number of rotatable bonds is 10. The maximum Gasteiger partial charge on any atom is 0.0302 e. The van der Waals surface area contributed by atoms with Crippen LogP contribution in [-0.4, -0.2) is 30.6 Å². The van der Waals surface area contributed by atoms with Crippen molar-refractivity contribution in [3.8, 4) is 0 Å². The van der Waals surface area contributed by atoms with E-state index in [2.05, 4.69) is 56.3 Å². The molecule has 0 unspecified atom stereocenters. The van der Waals surface area contributed by atoms with Crippen LogP contribution in [0.15, 0.2) is 11.4 Å². The molecule has 0 saturated carbocycles. The highest BCUT2D eigenvalue weighted by Crippen LogP contribution is 2.15. The molecule has 0 saturated heterocycles. The van der Waals surface area contributed by atoms with Gasteiger partial charge >= 0.3 is 0 Å². The molecule has 0 atom stereocenters. The molecule has 1 heterocycles. The Hall–Kier alpha value is -0.380. The van der Waals surface area contributed by atoms with E-state index in [0.29, 0.717) is 0 Å². The van der Waals surface area contributed by atoms with E-state index >= 15 is 0 Å². The topological polar surface area (TPSA) is 15.3 Å². The molecule has 2 nitrogen and oxygen atoms in total. The third kappa shape index (κ3) is 5.94. The average Bonchev–Trinajstić information content (AvgIpc) is 2.80. The van der Waals surface area contributed by atoms with Crippen molar-refractivity contribution < 1.29 is 0 Å². The van der Waals surface area contributed by atoms with Crippen molar-refractivity contribution in [2.75, 3.05) is 19.6 Å². The number of hydrogen-bond donors (Lipinski definition) is 1. The molecule has 1 rings (SSSR count). The van der Waals surface area contributed by atoms with Crippen LogP contribution in [0.4, 0.5) is 0 Å². The second-order valence-corrected chi connectivity index (χ2v) is 7.06. The SMILES string of the molecule is CCC(CC)N(CCNCc1sccc1C)CC(C)C. The number of aryl methyl sites for hydroxylation is 1. The predicted octanol–water partition coefficient (Wildman–Crippen LogP) is 4.29. The molecule has 0 radical (unpaired) electrons. The lowest BCUT2D eigenvalue weighted by Crippen LogP contribution is -2.41. The van der Waals surface area contributed by atoms with Crippen LogP contribution in [0.2, 0.25) is 0 Å². The van der Waals surface area contributed by atoms with Crippen molar-refractivity contribution in [2.24, 2.45) is 5.92 Å². The maximum atomic E-state index is 3.60. The summed E-state index contributed by atoms with van der Waals surface area (Å²) in [4.78, 5) is 4.14. The molecule has 0 amide bonds. The first-order valence-electron chi connectivity index (χ1n) is 8.06. The fourth-order valence-corrected chi connectivity index (χ4v) is 3.58. The molecular formula is C17H32N2S. The third-order valence-electron chi connectivity index (χ3n) is 3.89. The van der Waals surface area contributed by atoms with E-state index in [0.717, 1.165) is 31.6 Å². The van der Waals surface area contributed by atoms with Crippen LogP contribution in [0.3, 0.4) is 0 Å². The van der Waals surface area contributed by atoms with E-state index in [1.165, 1.54) is 29.8 Å². The molecule has 0 aromatic carbocycles. The Labute approximate surface area is 129 Å². The van der Waals surface area contributed by atoms with Crippen molar-refractivity contribution >= 4 is 11.3 Å². The van der Waals surface area contributed by atoms with Crippen LogP contribution in [0.5, 0.6) is 0 Å². The van der Waals surface area contributed by atoms with Gasteiger partial charge in [-0.1, -0.05) is 27.7 Å². The van der Waals surface area contributed by atoms with Crippen molar-refractivity contribution in [1.29, 1.82) is 0 Å². The molecule has 116 valence electrons. The minimum absolute atomic E-state index is 0.739. The quantitative estimate of drug-likeness (QED) is 0.648. The highest BCUT2D eigenvalue weighted by molar-refractivity contribution is 7.10. The molecule has 1 aromatic heterocycles. The van der Waals surface area contributed by atoms with Crippen molar-refractivity contribution in [2.45, 2.75) is 60.0 Å². The van der Waals surface area contributed by atoms with Crippen LogP contribution in [0.25, 0.3) is 0 Å². The summed E-state index contributed by atoms with van der Waals surface area (Å²) in [6, 6.07) is 2.94. The van der Waals surface area contributed by atoms with Gasteiger partial charge in [-0.3, -0.25) is 4.90 Å². The molecule has 1 aromatic rings. The first-order valence-corrected chi connectivity index (χ1v) is 8.94. The Bertz CT molecular complexity index is 356. The van der Waals surface area contributed by atoms with Gasteiger partial charge in [0.05, 0.1) is 0 Å². The Morgan fingerprint density at radius 1 is 1.25 bits per heavy atom. The normalized spacial score (nSPS) is 12.0. The van der Waals surface area contributed by atoms with E-state index < -0.39 is 0 Å². The molecular weight excluding hydrogens is 264 g/mol. The van der Waals surface area contributed by atoms with Crippen molar-refractivity contribution in [3.05, 3.63) is 21.9 Å². The molecule has 0 aliphatic rings. The molecule has 0 aliphatic carbocycles. The zero-order valence-corrected chi connectivity index (χ0v) is 14.7. The standard InChI is InChI=1S/C17H32N2S/c1-6-16(7-2)19(13-14(3)4)10-9-18-12-17-15(5)8-11-20-17/h8,11,14,16,18H,6-7,9-10,12-13H2,1-5H3. The highest BCUT2D eigenvalue weighted by atomic mass is 32.1. The van der Waals surface area contributed by atoms with E-state index in [1.54, 1.807) is 0 Å². The van der Waals surface area contributed by atoms with Crippen molar-refractivity contribution in [1.82, 2.24) is 10.2 Å². The lowest BCUT2D eigenvalue weighted by molar-refractivity contribution is 0.166. The van der Waals surface area contributed by atoms with Gasteiger partial charge in [0, 0.05) is 37.1 Å². The van der Waals surface area contributed by atoms with Crippen LogP contribution < -0.4 is 5.32 Å². The lowest BCUT2D eigenvalue weighted by Gasteiger charge is -2.32. The van der Waals surface area contributed by atoms with Crippen molar-refractivity contribution in [3.63, 3.8) is 0 Å². The van der Waals surface area contributed by atoms with Gasteiger partial charge in [-0.15, -0.1) is 11.3 Å².